The fourth-order valence-corrected chi connectivity index (χ4v) is 5.97. The quantitative estimate of drug-likeness (QED) is 0.376. The summed E-state index contributed by atoms with van der Waals surface area (Å²) in [7, 11) is -4.18. The standard InChI is InChI=1S/C24H21Cl3N4O6S/c1-13(32)22(33)28-11-16-12-31(38(35,36)17-5-2-4-14(25)8-17)20-9-15(10-29-24(20)37-16)30-23(34)21-18(26)6-3-7-19(21)27/h2-10,13,16,32H,11-12H2,1H3,(H,28,33)(H,30,34)/t13-,16-/m0/s1. The van der Waals surface area contributed by atoms with Crippen LogP contribution in [0.4, 0.5) is 11.4 Å². The Morgan fingerprint density at radius 3 is 2.50 bits per heavy atom. The van der Waals surface area contributed by atoms with Crippen molar-refractivity contribution in [1.82, 2.24) is 10.3 Å². The summed E-state index contributed by atoms with van der Waals surface area (Å²) >= 11 is 18.3. The lowest BCUT2D eigenvalue weighted by molar-refractivity contribution is -0.128. The first-order chi connectivity index (χ1) is 18.0. The van der Waals surface area contributed by atoms with Crippen molar-refractivity contribution in [2.75, 3.05) is 22.7 Å². The molecule has 0 saturated heterocycles. The van der Waals surface area contributed by atoms with Crippen LogP contribution in [0.5, 0.6) is 5.88 Å². The highest BCUT2D eigenvalue weighted by molar-refractivity contribution is 7.92. The van der Waals surface area contributed by atoms with Gasteiger partial charge in [0.05, 0.1) is 45.5 Å². The Morgan fingerprint density at radius 1 is 1.16 bits per heavy atom. The number of rotatable bonds is 7. The van der Waals surface area contributed by atoms with Crippen LogP contribution in [0.1, 0.15) is 17.3 Å². The Morgan fingerprint density at radius 2 is 1.84 bits per heavy atom. The fourth-order valence-electron chi connectivity index (χ4n) is 3.62. The summed E-state index contributed by atoms with van der Waals surface area (Å²) in [6, 6.07) is 11.7. The molecule has 0 bridgehead atoms. The largest absolute Gasteiger partial charge is 0.469 e. The number of anilines is 2. The van der Waals surface area contributed by atoms with Gasteiger partial charge in [-0.1, -0.05) is 46.9 Å². The molecule has 1 aliphatic heterocycles. The number of halogens is 3. The molecule has 3 aromatic rings. The van der Waals surface area contributed by atoms with E-state index in [9.17, 15) is 23.1 Å². The van der Waals surface area contributed by atoms with E-state index in [0.29, 0.717) is 0 Å². The molecular formula is C24H21Cl3N4O6S. The minimum Gasteiger partial charge on any atom is -0.469 e. The molecule has 38 heavy (non-hydrogen) atoms. The summed E-state index contributed by atoms with van der Waals surface area (Å²) in [6.07, 6.45) is -0.815. The maximum atomic E-state index is 13.7. The minimum atomic E-state index is -4.18. The number of aliphatic hydroxyl groups excluding tert-OH is 1. The monoisotopic (exact) mass is 598 g/mol. The summed E-state index contributed by atoms with van der Waals surface area (Å²) in [5.41, 5.74) is 0.244. The van der Waals surface area contributed by atoms with Gasteiger partial charge in [0.25, 0.3) is 15.9 Å². The van der Waals surface area contributed by atoms with Gasteiger partial charge in [-0.05, 0) is 43.3 Å². The third-order valence-electron chi connectivity index (χ3n) is 5.46. The van der Waals surface area contributed by atoms with Gasteiger partial charge in [0, 0.05) is 5.02 Å². The number of aliphatic hydroxyl groups is 1. The third-order valence-corrected chi connectivity index (χ3v) is 8.10. The summed E-state index contributed by atoms with van der Waals surface area (Å²) in [4.78, 5) is 28.8. The van der Waals surface area contributed by atoms with Gasteiger partial charge in [-0.25, -0.2) is 13.4 Å². The number of carbonyl (C=O) groups is 2. The number of ether oxygens (including phenoxy) is 1. The number of aromatic nitrogens is 1. The molecule has 2 heterocycles. The highest BCUT2D eigenvalue weighted by Crippen LogP contribution is 2.38. The predicted molar refractivity (Wildman–Crippen MR) is 144 cm³/mol. The van der Waals surface area contributed by atoms with E-state index in [1.54, 1.807) is 6.07 Å². The molecule has 14 heteroatoms. The topological polar surface area (TPSA) is 138 Å². The molecule has 1 aliphatic rings. The van der Waals surface area contributed by atoms with Crippen LogP contribution in [-0.2, 0) is 14.8 Å². The lowest BCUT2D eigenvalue weighted by Crippen LogP contribution is -2.49. The summed E-state index contributed by atoms with van der Waals surface area (Å²) in [5.74, 6) is -1.32. The van der Waals surface area contributed by atoms with Gasteiger partial charge in [-0.2, -0.15) is 0 Å². The second-order valence-electron chi connectivity index (χ2n) is 8.25. The number of sulfonamides is 1. The van der Waals surface area contributed by atoms with E-state index in [4.69, 9.17) is 39.5 Å². The van der Waals surface area contributed by atoms with Gasteiger partial charge in [0.2, 0.25) is 11.8 Å². The van der Waals surface area contributed by atoms with E-state index in [2.05, 4.69) is 15.6 Å². The second kappa shape index (κ2) is 11.3. The molecule has 1 aromatic heterocycles. The number of carbonyl (C=O) groups excluding carboxylic acids is 2. The Kier molecular flexibility index (Phi) is 8.34. The van der Waals surface area contributed by atoms with Crippen LogP contribution in [-0.4, -0.2) is 55.6 Å². The van der Waals surface area contributed by atoms with Crippen molar-refractivity contribution in [2.45, 2.75) is 24.0 Å². The van der Waals surface area contributed by atoms with Gasteiger partial charge in [-0.3, -0.25) is 13.9 Å². The zero-order valence-electron chi connectivity index (χ0n) is 19.7. The SMILES string of the molecule is C[C@H](O)C(=O)NC[C@H]1CN(S(=O)(=O)c2cccc(Cl)c2)c2cc(NC(=O)c3c(Cl)cccc3Cl)cnc2O1. The summed E-state index contributed by atoms with van der Waals surface area (Å²) in [5, 5.41) is 15.1. The average Bonchev–Trinajstić information content (AvgIpc) is 2.86. The van der Waals surface area contributed by atoms with Gasteiger partial charge in [0.15, 0.2) is 0 Å². The van der Waals surface area contributed by atoms with E-state index in [-0.39, 0.29) is 55.9 Å². The van der Waals surface area contributed by atoms with Crippen molar-refractivity contribution in [1.29, 1.82) is 0 Å². The Balaban J connectivity index is 1.70. The molecular weight excluding hydrogens is 579 g/mol. The molecule has 4 rings (SSSR count). The van der Waals surface area contributed by atoms with Crippen molar-refractivity contribution in [2.24, 2.45) is 0 Å². The number of hydrogen-bond acceptors (Lipinski definition) is 7. The van der Waals surface area contributed by atoms with Crippen LogP contribution < -0.4 is 19.7 Å². The number of fused-ring (bicyclic) bond motifs is 1. The minimum absolute atomic E-state index is 0.0436. The van der Waals surface area contributed by atoms with Crippen LogP contribution in [0.2, 0.25) is 15.1 Å². The van der Waals surface area contributed by atoms with Crippen LogP contribution in [0.15, 0.2) is 59.6 Å². The zero-order chi connectivity index (χ0) is 27.6. The van der Waals surface area contributed by atoms with Crippen molar-refractivity contribution < 1.29 is 27.9 Å². The highest BCUT2D eigenvalue weighted by atomic mass is 35.5. The molecule has 10 nitrogen and oxygen atoms in total. The van der Waals surface area contributed by atoms with Gasteiger partial charge < -0.3 is 20.5 Å². The van der Waals surface area contributed by atoms with Crippen LogP contribution in [0.25, 0.3) is 0 Å². The second-order valence-corrected chi connectivity index (χ2v) is 11.4. The van der Waals surface area contributed by atoms with Crippen LogP contribution >= 0.6 is 34.8 Å². The van der Waals surface area contributed by atoms with Crippen LogP contribution in [0.3, 0.4) is 0 Å². The molecule has 2 amide bonds. The lowest BCUT2D eigenvalue weighted by Gasteiger charge is -2.35. The lowest BCUT2D eigenvalue weighted by atomic mass is 10.2. The Labute approximate surface area is 233 Å². The van der Waals surface area contributed by atoms with Crippen LogP contribution in [0, 0.1) is 0 Å². The van der Waals surface area contributed by atoms with Crippen molar-refractivity contribution >= 4 is 68.0 Å². The van der Waals surface area contributed by atoms with E-state index < -0.39 is 34.0 Å². The fraction of sp³-hybridized carbons (Fsp3) is 0.208. The van der Waals surface area contributed by atoms with Crippen molar-refractivity contribution in [3.05, 3.63) is 75.4 Å². The molecule has 2 aromatic carbocycles. The van der Waals surface area contributed by atoms with E-state index in [0.717, 1.165) is 4.31 Å². The molecule has 0 spiro atoms. The average molecular weight is 600 g/mol. The summed E-state index contributed by atoms with van der Waals surface area (Å²) in [6.45, 7) is 0.989. The summed E-state index contributed by atoms with van der Waals surface area (Å²) < 4.78 is 34.2. The zero-order valence-corrected chi connectivity index (χ0v) is 22.8. The van der Waals surface area contributed by atoms with Gasteiger partial charge in [-0.15, -0.1) is 0 Å². The third kappa shape index (κ3) is 5.97. The normalized spacial score (nSPS) is 15.7. The highest BCUT2D eigenvalue weighted by Gasteiger charge is 2.36. The molecule has 0 radical (unpaired) electrons. The number of amides is 2. The molecule has 2 atom stereocenters. The number of nitrogens with one attached hydrogen (secondary N) is 2. The number of hydrogen-bond donors (Lipinski definition) is 3. The van der Waals surface area contributed by atoms with Gasteiger partial charge >= 0.3 is 0 Å². The smallest absolute Gasteiger partial charge is 0.264 e. The molecule has 0 fully saturated rings. The maximum Gasteiger partial charge on any atom is 0.264 e. The molecule has 3 N–H and O–H groups in total. The predicted octanol–water partition coefficient (Wildman–Crippen LogP) is 3.75. The van der Waals surface area contributed by atoms with E-state index >= 15 is 0 Å². The first kappa shape index (κ1) is 27.9. The molecule has 200 valence electrons. The van der Waals surface area contributed by atoms with Gasteiger partial charge in [0.1, 0.15) is 17.9 Å². The first-order valence-corrected chi connectivity index (χ1v) is 13.7. The number of nitrogens with zero attached hydrogens (tertiary/aromatic N) is 2. The Hall–Kier alpha value is -3.09. The van der Waals surface area contributed by atoms with Crippen molar-refractivity contribution in [3.8, 4) is 5.88 Å². The Bertz CT molecular complexity index is 1480. The first-order valence-electron chi connectivity index (χ1n) is 11.1. The number of pyridine rings is 1. The van der Waals surface area contributed by atoms with E-state index in [1.807, 2.05) is 0 Å². The molecule has 0 saturated carbocycles. The maximum absolute atomic E-state index is 13.7. The molecule has 0 aliphatic carbocycles. The van der Waals surface area contributed by atoms with Crippen molar-refractivity contribution in [3.63, 3.8) is 0 Å². The number of benzene rings is 2. The molecule has 0 unspecified atom stereocenters. The van der Waals surface area contributed by atoms with E-state index in [1.165, 1.54) is 55.6 Å².